The van der Waals surface area contributed by atoms with E-state index in [2.05, 4.69) is 15.4 Å². The van der Waals surface area contributed by atoms with Gasteiger partial charge in [0.25, 0.3) is 0 Å². The molecule has 150 valence electrons. The predicted molar refractivity (Wildman–Crippen MR) is 107 cm³/mol. The monoisotopic (exact) mass is 406 g/mol. The number of aryl methyl sites for hydroxylation is 1. The van der Waals surface area contributed by atoms with Gasteiger partial charge in [0.15, 0.2) is 5.82 Å². The highest BCUT2D eigenvalue weighted by atomic mass is 32.2. The number of aromatic nitrogens is 1. The fourth-order valence-electron chi connectivity index (χ4n) is 2.88. The summed E-state index contributed by atoms with van der Waals surface area (Å²) in [6.07, 6.45) is 0. The Balaban J connectivity index is 1.41. The fraction of sp³-hybridized carbons (Fsp3) is 0.421. The third-order valence-corrected chi connectivity index (χ3v) is 5.66. The van der Waals surface area contributed by atoms with Crippen LogP contribution in [0.4, 0.5) is 15.9 Å². The molecule has 1 aromatic heterocycles. The van der Waals surface area contributed by atoms with Crippen molar-refractivity contribution in [2.24, 2.45) is 0 Å². The summed E-state index contributed by atoms with van der Waals surface area (Å²) in [6.45, 7) is 6.11. The Hall–Kier alpha value is -2.55. The molecule has 9 heteroatoms. The van der Waals surface area contributed by atoms with Crippen molar-refractivity contribution in [3.05, 3.63) is 41.9 Å². The molecule has 1 saturated heterocycles. The highest BCUT2D eigenvalue weighted by molar-refractivity contribution is 8.01. The Morgan fingerprint density at radius 1 is 1.25 bits per heavy atom. The Bertz CT molecular complexity index is 819. The lowest BCUT2D eigenvalue weighted by molar-refractivity contribution is -0.128. The van der Waals surface area contributed by atoms with Crippen LogP contribution in [0.1, 0.15) is 12.7 Å². The van der Waals surface area contributed by atoms with Gasteiger partial charge >= 0.3 is 0 Å². The molecule has 28 heavy (non-hydrogen) atoms. The minimum Gasteiger partial charge on any atom is -0.368 e. The number of anilines is 2. The average molecular weight is 406 g/mol. The van der Waals surface area contributed by atoms with E-state index in [1.54, 1.807) is 36.9 Å². The lowest BCUT2D eigenvalue weighted by Gasteiger charge is -2.36. The molecule has 2 aromatic rings. The van der Waals surface area contributed by atoms with Crippen molar-refractivity contribution >= 4 is 35.1 Å². The van der Waals surface area contributed by atoms with Crippen molar-refractivity contribution in [3.63, 3.8) is 0 Å². The number of halogens is 1. The number of carbonyl (C=O) groups is 2. The van der Waals surface area contributed by atoms with Gasteiger partial charge in [-0.2, -0.15) is 0 Å². The van der Waals surface area contributed by atoms with E-state index in [1.807, 2.05) is 0 Å². The summed E-state index contributed by atoms with van der Waals surface area (Å²) >= 11 is 1.29. The second kappa shape index (κ2) is 9.09. The Morgan fingerprint density at radius 2 is 1.93 bits per heavy atom. The van der Waals surface area contributed by atoms with E-state index in [4.69, 9.17) is 4.52 Å². The lowest BCUT2D eigenvalue weighted by Crippen LogP contribution is -2.49. The van der Waals surface area contributed by atoms with Crippen LogP contribution in [0.5, 0.6) is 0 Å². The van der Waals surface area contributed by atoms with Gasteiger partial charge in [-0.25, -0.2) is 4.39 Å². The molecule has 2 heterocycles. The maximum atomic E-state index is 13.0. The summed E-state index contributed by atoms with van der Waals surface area (Å²) in [5.74, 6) is 0.770. The molecule has 3 rings (SSSR count). The van der Waals surface area contributed by atoms with Gasteiger partial charge in [0.05, 0.1) is 11.0 Å². The average Bonchev–Trinajstić information content (AvgIpc) is 3.11. The lowest BCUT2D eigenvalue weighted by atomic mass is 10.2. The van der Waals surface area contributed by atoms with Crippen LogP contribution in [-0.4, -0.2) is 59.1 Å². The molecular weight excluding hydrogens is 383 g/mol. The standard InChI is InChI=1S/C19H23FN4O3S/c1-13-11-17(22-27-13)21-19(26)14(2)28-12-18(25)24-9-7-23(8-10-24)16-5-3-15(20)4-6-16/h3-6,11,14H,7-10,12H2,1-2H3,(H,21,22,26)/t14-/m1/s1. The summed E-state index contributed by atoms with van der Waals surface area (Å²) in [6, 6.07) is 8.02. The van der Waals surface area contributed by atoms with Crippen molar-refractivity contribution in [2.75, 3.05) is 42.1 Å². The highest BCUT2D eigenvalue weighted by Crippen LogP contribution is 2.19. The second-order valence-electron chi connectivity index (χ2n) is 6.61. The first-order valence-electron chi connectivity index (χ1n) is 9.06. The first-order chi connectivity index (χ1) is 13.4. The zero-order valence-electron chi connectivity index (χ0n) is 15.9. The number of amides is 2. The van der Waals surface area contributed by atoms with E-state index in [0.717, 1.165) is 5.69 Å². The maximum absolute atomic E-state index is 13.0. The molecule has 0 unspecified atom stereocenters. The summed E-state index contributed by atoms with van der Waals surface area (Å²) in [7, 11) is 0. The van der Waals surface area contributed by atoms with E-state index >= 15 is 0 Å². The third kappa shape index (κ3) is 5.25. The molecule has 1 atom stereocenters. The molecular formula is C19H23FN4O3S. The fourth-order valence-corrected chi connectivity index (χ4v) is 3.67. The van der Waals surface area contributed by atoms with Gasteiger partial charge in [-0.3, -0.25) is 9.59 Å². The molecule has 1 aromatic carbocycles. The molecule has 1 fully saturated rings. The second-order valence-corrected chi connectivity index (χ2v) is 7.94. The van der Waals surface area contributed by atoms with Crippen LogP contribution in [0.3, 0.4) is 0 Å². The van der Waals surface area contributed by atoms with Gasteiger partial charge < -0.3 is 19.6 Å². The van der Waals surface area contributed by atoms with Crippen LogP contribution in [-0.2, 0) is 9.59 Å². The minimum absolute atomic E-state index is 0.0145. The molecule has 0 spiro atoms. The highest BCUT2D eigenvalue weighted by Gasteiger charge is 2.23. The molecule has 1 aliphatic rings. The molecule has 7 nitrogen and oxygen atoms in total. The molecule has 1 aliphatic heterocycles. The Labute approximate surface area is 167 Å². The summed E-state index contributed by atoms with van der Waals surface area (Å²) in [5.41, 5.74) is 0.955. The zero-order chi connectivity index (χ0) is 20.1. The predicted octanol–water partition coefficient (Wildman–Crippen LogP) is 2.53. The topological polar surface area (TPSA) is 78.7 Å². The van der Waals surface area contributed by atoms with Gasteiger partial charge in [-0.05, 0) is 38.1 Å². The van der Waals surface area contributed by atoms with E-state index in [-0.39, 0.29) is 28.6 Å². The van der Waals surface area contributed by atoms with Crippen LogP contribution in [0.2, 0.25) is 0 Å². The summed E-state index contributed by atoms with van der Waals surface area (Å²) in [5, 5.41) is 6.01. The van der Waals surface area contributed by atoms with Crippen LogP contribution in [0.25, 0.3) is 0 Å². The maximum Gasteiger partial charge on any atom is 0.238 e. The first-order valence-corrected chi connectivity index (χ1v) is 10.1. The molecule has 1 N–H and O–H groups in total. The number of thioether (sulfide) groups is 1. The number of nitrogens with one attached hydrogen (secondary N) is 1. The van der Waals surface area contributed by atoms with Crippen LogP contribution >= 0.6 is 11.8 Å². The number of rotatable bonds is 6. The van der Waals surface area contributed by atoms with Crippen molar-refractivity contribution in [1.82, 2.24) is 10.1 Å². The van der Waals surface area contributed by atoms with E-state index in [0.29, 0.717) is 37.8 Å². The normalized spacial score (nSPS) is 15.4. The number of hydrogen-bond donors (Lipinski definition) is 1. The van der Waals surface area contributed by atoms with Crippen molar-refractivity contribution in [2.45, 2.75) is 19.1 Å². The first kappa shape index (κ1) is 20.2. The number of benzene rings is 1. The molecule has 0 aliphatic carbocycles. The van der Waals surface area contributed by atoms with Crippen molar-refractivity contribution in [1.29, 1.82) is 0 Å². The van der Waals surface area contributed by atoms with Crippen molar-refractivity contribution < 1.29 is 18.5 Å². The van der Waals surface area contributed by atoms with Gasteiger partial charge in [0.1, 0.15) is 11.6 Å². The summed E-state index contributed by atoms with van der Waals surface area (Å²) in [4.78, 5) is 28.6. The Kier molecular flexibility index (Phi) is 6.56. The SMILES string of the molecule is Cc1cc(NC(=O)[C@@H](C)SCC(=O)N2CCN(c3ccc(F)cc3)CC2)no1. The summed E-state index contributed by atoms with van der Waals surface area (Å²) < 4.78 is 18.0. The van der Waals surface area contributed by atoms with Gasteiger partial charge in [-0.1, -0.05) is 5.16 Å². The van der Waals surface area contributed by atoms with E-state index < -0.39 is 0 Å². The van der Waals surface area contributed by atoms with Gasteiger partial charge in [0.2, 0.25) is 11.8 Å². The zero-order valence-corrected chi connectivity index (χ0v) is 16.7. The van der Waals surface area contributed by atoms with E-state index in [1.165, 1.54) is 23.9 Å². The van der Waals surface area contributed by atoms with Gasteiger partial charge in [0, 0.05) is 37.9 Å². The molecule has 2 amide bonds. The largest absolute Gasteiger partial charge is 0.368 e. The number of hydrogen-bond acceptors (Lipinski definition) is 6. The smallest absolute Gasteiger partial charge is 0.238 e. The number of nitrogens with zero attached hydrogens (tertiary/aromatic N) is 3. The van der Waals surface area contributed by atoms with Crippen LogP contribution in [0.15, 0.2) is 34.9 Å². The molecule has 0 bridgehead atoms. The van der Waals surface area contributed by atoms with Gasteiger partial charge in [-0.15, -0.1) is 11.8 Å². The van der Waals surface area contributed by atoms with E-state index in [9.17, 15) is 14.0 Å². The number of carbonyl (C=O) groups excluding carboxylic acids is 2. The van der Waals surface area contributed by atoms with Crippen LogP contribution in [0, 0.1) is 12.7 Å². The minimum atomic E-state index is -0.388. The Morgan fingerprint density at radius 3 is 2.54 bits per heavy atom. The number of piperazine rings is 1. The van der Waals surface area contributed by atoms with Crippen LogP contribution < -0.4 is 10.2 Å². The quantitative estimate of drug-likeness (QED) is 0.794. The third-order valence-electron chi connectivity index (χ3n) is 4.53. The van der Waals surface area contributed by atoms with Crippen molar-refractivity contribution in [3.8, 4) is 0 Å². The molecule has 0 saturated carbocycles. The molecule has 0 radical (unpaired) electrons.